The Morgan fingerprint density at radius 1 is 0.880 bits per heavy atom. The van der Waals surface area contributed by atoms with Gasteiger partial charge in [0.05, 0.1) is 6.10 Å². The predicted molar refractivity (Wildman–Crippen MR) is 112 cm³/mol. The zero-order valence-corrected chi connectivity index (χ0v) is 18.1. The van der Waals surface area contributed by atoms with Crippen molar-refractivity contribution in [1.29, 1.82) is 0 Å². The zero-order valence-electron chi connectivity index (χ0n) is 18.1. The molecule has 1 N–H and O–H groups in total. The molecule has 0 aromatic rings. The molecule has 1 saturated carbocycles. The van der Waals surface area contributed by atoms with E-state index in [1.54, 1.807) is 0 Å². The molecule has 1 nitrogen and oxygen atoms in total. The molecule has 0 radical (unpaired) electrons. The van der Waals surface area contributed by atoms with Crippen LogP contribution in [-0.4, -0.2) is 11.2 Å². The van der Waals surface area contributed by atoms with Gasteiger partial charge in [0.25, 0.3) is 0 Å². The van der Waals surface area contributed by atoms with Gasteiger partial charge in [-0.15, -0.1) is 0 Å². The molecule has 0 aliphatic heterocycles. The van der Waals surface area contributed by atoms with Crippen LogP contribution >= 0.6 is 0 Å². The van der Waals surface area contributed by atoms with Gasteiger partial charge in [0.1, 0.15) is 0 Å². The fraction of sp³-hybridized carbons (Fsp3) is 1.00. The van der Waals surface area contributed by atoms with Gasteiger partial charge in [-0.3, -0.25) is 0 Å². The van der Waals surface area contributed by atoms with E-state index in [4.69, 9.17) is 0 Å². The molecule has 0 saturated heterocycles. The summed E-state index contributed by atoms with van der Waals surface area (Å²) in [7, 11) is 0. The van der Waals surface area contributed by atoms with Crippen LogP contribution in [0.5, 0.6) is 0 Å². The number of aliphatic hydroxyl groups is 1. The van der Waals surface area contributed by atoms with Gasteiger partial charge in [-0.25, -0.2) is 0 Å². The first-order valence-corrected chi connectivity index (χ1v) is 11.7. The van der Waals surface area contributed by atoms with E-state index in [1.165, 1.54) is 70.6 Å². The highest BCUT2D eigenvalue weighted by Crippen LogP contribution is 2.36. The first-order chi connectivity index (χ1) is 12.0. The van der Waals surface area contributed by atoms with Crippen molar-refractivity contribution in [2.24, 2.45) is 29.6 Å². The Bertz CT molecular complexity index is 305. The summed E-state index contributed by atoms with van der Waals surface area (Å²) in [5.41, 5.74) is 0. The van der Waals surface area contributed by atoms with Crippen molar-refractivity contribution in [2.45, 2.75) is 124 Å². The summed E-state index contributed by atoms with van der Waals surface area (Å²) in [5.74, 6) is 4.27. The highest BCUT2D eigenvalue weighted by molar-refractivity contribution is 4.77. The van der Waals surface area contributed by atoms with Crippen LogP contribution in [0.15, 0.2) is 0 Å². The van der Waals surface area contributed by atoms with E-state index in [1.807, 2.05) is 0 Å². The highest BCUT2D eigenvalue weighted by Gasteiger charge is 2.26. The number of rotatable bonds is 14. The van der Waals surface area contributed by atoms with Crippen molar-refractivity contribution in [3.8, 4) is 0 Å². The molecule has 1 aliphatic carbocycles. The van der Waals surface area contributed by atoms with Crippen LogP contribution in [0.3, 0.4) is 0 Å². The monoisotopic (exact) mass is 352 g/mol. The molecular weight excluding hydrogens is 304 g/mol. The van der Waals surface area contributed by atoms with Gasteiger partial charge < -0.3 is 5.11 Å². The van der Waals surface area contributed by atoms with Crippen LogP contribution in [0.4, 0.5) is 0 Å². The Hall–Kier alpha value is -0.0400. The van der Waals surface area contributed by atoms with Gasteiger partial charge in [0.15, 0.2) is 0 Å². The fourth-order valence-electron chi connectivity index (χ4n) is 5.20. The zero-order chi connectivity index (χ0) is 18.7. The molecule has 1 fully saturated rings. The first-order valence-electron chi connectivity index (χ1n) is 11.7. The van der Waals surface area contributed by atoms with Crippen LogP contribution in [-0.2, 0) is 0 Å². The van der Waals surface area contributed by atoms with Crippen molar-refractivity contribution in [3.63, 3.8) is 0 Å². The molecule has 0 aromatic carbocycles. The Morgan fingerprint density at radius 2 is 1.52 bits per heavy atom. The van der Waals surface area contributed by atoms with E-state index in [2.05, 4.69) is 34.6 Å². The normalized spacial score (nSPS) is 20.8. The third kappa shape index (κ3) is 8.94. The molecule has 1 rings (SSSR count). The summed E-state index contributed by atoms with van der Waals surface area (Å²) in [6, 6.07) is 0. The van der Waals surface area contributed by atoms with E-state index in [0.717, 1.165) is 42.4 Å². The molecule has 150 valence electrons. The molecule has 0 aromatic heterocycles. The average Bonchev–Trinajstić information content (AvgIpc) is 3.08. The lowest BCUT2D eigenvalue weighted by Crippen LogP contribution is -2.25. The molecule has 4 unspecified atom stereocenters. The number of hydrogen-bond acceptors (Lipinski definition) is 1. The van der Waals surface area contributed by atoms with Crippen molar-refractivity contribution >= 4 is 0 Å². The Labute approximate surface area is 159 Å². The van der Waals surface area contributed by atoms with E-state index < -0.39 is 0 Å². The van der Waals surface area contributed by atoms with Crippen LogP contribution in [0, 0.1) is 29.6 Å². The van der Waals surface area contributed by atoms with Crippen LogP contribution in [0.25, 0.3) is 0 Å². The quantitative estimate of drug-likeness (QED) is 0.319. The molecule has 0 bridgehead atoms. The Balaban J connectivity index is 2.28. The van der Waals surface area contributed by atoms with Gasteiger partial charge in [0.2, 0.25) is 0 Å². The van der Waals surface area contributed by atoms with Gasteiger partial charge >= 0.3 is 0 Å². The Morgan fingerprint density at radius 3 is 2.08 bits per heavy atom. The van der Waals surface area contributed by atoms with Crippen LogP contribution in [0.2, 0.25) is 0 Å². The molecule has 1 heteroatoms. The fourth-order valence-corrected chi connectivity index (χ4v) is 5.20. The Kier molecular flexibility index (Phi) is 12.1. The van der Waals surface area contributed by atoms with Gasteiger partial charge in [-0.2, -0.15) is 0 Å². The van der Waals surface area contributed by atoms with Gasteiger partial charge in [-0.1, -0.05) is 98.8 Å². The summed E-state index contributed by atoms with van der Waals surface area (Å²) in [6.45, 7) is 12.0. The minimum Gasteiger partial charge on any atom is -0.393 e. The first kappa shape index (κ1) is 23.0. The molecule has 25 heavy (non-hydrogen) atoms. The average molecular weight is 353 g/mol. The number of aliphatic hydroxyl groups excluding tert-OH is 1. The molecular formula is C24H48O. The second kappa shape index (κ2) is 13.2. The predicted octanol–water partition coefficient (Wildman–Crippen LogP) is 7.61. The molecule has 0 amide bonds. The van der Waals surface area contributed by atoms with Crippen LogP contribution < -0.4 is 0 Å². The maximum absolute atomic E-state index is 10.3. The summed E-state index contributed by atoms with van der Waals surface area (Å²) in [6.07, 6.45) is 16.9. The van der Waals surface area contributed by atoms with E-state index >= 15 is 0 Å². The lowest BCUT2D eigenvalue weighted by molar-refractivity contribution is 0.128. The number of hydrogen-bond donors (Lipinski definition) is 1. The van der Waals surface area contributed by atoms with Crippen molar-refractivity contribution in [1.82, 2.24) is 0 Å². The SMILES string of the molecule is CCCC(CC)C(CCCCCC(O)CC1CCCC1)C(C)C(C)C. The second-order valence-corrected chi connectivity index (χ2v) is 9.40. The third-order valence-electron chi connectivity index (χ3n) is 7.17. The topological polar surface area (TPSA) is 20.2 Å². The lowest BCUT2D eigenvalue weighted by atomic mass is 9.72. The third-order valence-corrected chi connectivity index (χ3v) is 7.17. The minimum absolute atomic E-state index is 0.0306. The maximum Gasteiger partial charge on any atom is 0.0542 e. The smallest absolute Gasteiger partial charge is 0.0542 e. The van der Waals surface area contributed by atoms with Crippen molar-refractivity contribution < 1.29 is 5.11 Å². The maximum atomic E-state index is 10.3. The standard InChI is InChI=1S/C24H48O/c1-6-13-22(7-2)24(20(5)19(3)4)17-10-8-9-16-23(25)18-21-14-11-12-15-21/h19-25H,6-18H2,1-5H3. The lowest BCUT2D eigenvalue weighted by Gasteiger charge is -2.34. The van der Waals surface area contributed by atoms with E-state index in [9.17, 15) is 5.11 Å². The van der Waals surface area contributed by atoms with Crippen LogP contribution in [0.1, 0.15) is 118 Å². The molecule has 0 heterocycles. The molecule has 4 atom stereocenters. The minimum atomic E-state index is -0.0306. The van der Waals surface area contributed by atoms with Crippen molar-refractivity contribution in [2.75, 3.05) is 0 Å². The molecule has 1 aliphatic rings. The van der Waals surface area contributed by atoms with Gasteiger partial charge in [-0.05, 0) is 48.9 Å². The summed E-state index contributed by atoms with van der Waals surface area (Å²) in [4.78, 5) is 0. The molecule has 0 spiro atoms. The largest absolute Gasteiger partial charge is 0.393 e. The number of unbranched alkanes of at least 4 members (excludes halogenated alkanes) is 2. The summed E-state index contributed by atoms with van der Waals surface area (Å²) < 4.78 is 0. The van der Waals surface area contributed by atoms with E-state index in [-0.39, 0.29) is 6.10 Å². The van der Waals surface area contributed by atoms with Crippen molar-refractivity contribution in [3.05, 3.63) is 0 Å². The second-order valence-electron chi connectivity index (χ2n) is 9.40. The summed E-state index contributed by atoms with van der Waals surface area (Å²) >= 11 is 0. The van der Waals surface area contributed by atoms with Gasteiger partial charge in [0, 0.05) is 0 Å². The van der Waals surface area contributed by atoms with E-state index in [0.29, 0.717) is 0 Å². The highest BCUT2D eigenvalue weighted by atomic mass is 16.3. The summed E-state index contributed by atoms with van der Waals surface area (Å²) in [5, 5.41) is 10.3.